The number of hydrogen-bond donors (Lipinski definition) is 1. The van der Waals surface area contributed by atoms with Gasteiger partial charge in [-0.05, 0) is 24.6 Å². The van der Waals surface area contributed by atoms with Gasteiger partial charge in [-0.15, -0.1) is 0 Å². The number of carbonyl (C=O) groups is 2. The Kier molecular flexibility index (Phi) is 4.52. The maximum absolute atomic E-state index is 11.8. The lowest BCUT2D eigenvalue weighted by molar-refractivity contribution is -0.136. The van der Waals surface area contributed by atoms with E-state index in [-0.39, 0.29) is 18.6 Å². The number of hydrogen-bond acceptors (Lipinski definition) is 3. The average Bonchev–Trinajstić information content (AvgIpc) is 2.29. The molecule has 0 bridgehead atoms. The van der Waals surface area contributed by atoms with Crippen molar-refractivity contribution in [1.82, 2.24) is 0 Å². The first-order chi connectivity index (χ1) is 7.97. The molecule has 5 heteroatoms. The summed E-state index contributed by atoms with van der Waals surface area (Å²) in [5.41, 5.74) is 1.05. The minimum Gasteiger partial charge on any atom is -0.495 e. The van der Waals surface area contributed by atoms with E-state index in [1.54, 1.807) is 19.1 Å². The van der Waals surface area contributed by atoms with Crippen molar-refractivity contribution < 1.29 is 19.4 Å². The first-order valence-electron chi connectivity index (χ1n) is 5.05. The summed E-state index contributed by atoms with van der Waals surface area (Å²) in [4.78, 5) is 22.1. The number of methoxy groups -OCH3 is 1. The first-order valence-corrected chi connectivity index (χ1v) is 5.43. The number of benzene rings is 1. The summed E-state index contributed by atoms with van der Waals surface area (Å²) >= 11 is 6.01. The second kappa shape index (κ2) is 5.68. The number of rotatable bonds is 5. The summed E-state index contributed by atoms with van der Waals surface area (Å²) in [6.07, 6.45) is -0.208. The van der Waals surface area contributed by atoms with Gasteiger partial charge >= 0.3 is 5.97 Å². The van der Waals surface area contributed by atoms with Crippen molar-refractivity contribution in [2.75, 3.05) is 7.11 Å². The van der Waals surface area contributed by atoms with Crippen LogP contribution in [0.4, 0.5) is 0 Å². The molecule has 0 aromatic heterocycles. The number of carboxylic acids is 1. The Morgan fingerprint density at radius 2 is 2.00 bits per heavy atom. The van der Waals surface area contributed by atoms with Gasteiger partial charge in [0.05, 0.1) is 18.6 Å². The van der Waals surface area contributed by atoms with Crippen LogP contribution in [0.25, 0.3) is 0 Å². The Bertz CT molecular complexity index is 454. The van der Waals surface area contributed by atoms with E-state index in [4.69, 9.17) is 21.4 Å². The molecule has 0 radical (unpaired) electrons. The SMILES string of the molecule is COc1ccc(C(=O)CCC(=O)O)c(C)c1Cl. The molecule has 1 aromatic carbocycles. The minimum absolute atomic E-state index is 0.0289. The van der Waals surface area contributed by atoms with Crippen molar-refractivity contribution in [3.63, 3.8) is 0 Å². The van der Waals surface area contributed by atoms with Gasteiger partial charge in [-0.3, -0.25) is 9.59 Å². The number of carbonyl (C=O) groups excluding carboxylic acids is 1. The molecule has 0 aliphatic rings. The summed E-state index contributed by atoms with van der Waals surface area (Å²) in [5, 5.41) is 8.90. The van der Waals surface area contributed by atoms with Gasteiger partial charge in [-0.2, -0.15) is 0 Å². The smallest absolute Gasteiger partial charge is 0.303 e. The highest BCUT2D eigenvalue weighted by Gasteiger charge is 2.15. The number of Topliss-reactive ketones (excluding diaryl/α,β-unsaturated/α-hetero) is 1. The Labute approximate surface area is 104 Å². The van der Waals surface area contributed by atoms with Crippen molar-refractivity contribution in [1.29, 1.82) is 0 Å². The van der Waals surface area contributed by atoms with Crippen LogP contribution in [0.15, 0.2) is 12.1 Å². The molecule has 0 saturated heterocycles. The molecule has 0 aliphatic carbocycles. The second-order valence-electron chi connectivity index (χ2n) is 3.57. The van der Waals surface area contributed by atoms with Crippen LogP contribution in [-0.2, 0) is 4.79 Å². The molecular formula is C12H13ClO4. The third-order valence-corrected chi connectivity index (χ3v) is 2.91. The Morgan fingerprint density at radius 3 is 2.53 bits per heavy atom. The molecule has 92 valence electrons. The van der Waals surface area contributed by atoms with Gasteiger partial charge in [0.25, 0.3) is 0 Å². The van der Waals surface area contributed by atoms with E-state index in [2.05, 4.69) is 0 Å². The average molecular weight is 257 g/mol. The zero-order chi connectivity index (χ0) is 13.0. The van der Waals surface area contributed by atoms with Crippen LogP contribution in [0.3, 0.4) is 0 Å². The molecule has 0 saturated carbocycles. The summed E-state index contributed by atoms with van der Waals surface area (Å²) in [7, 11) is 1.49. The van der Waals surface area contributed by atoms with E-state index in [0.717, 1.165) is 0 Å². The van der Waals surface area contributed by atoms with Gasteiger partial charge in [-0.1, -0.05) is 11.6 Å². The predicted octanol–water partition coefficient (Wildman–Crippen LogP) is 2.70. The normalized spacial score (nSPS) is 10.1. The third kappa shape index (κ3) is 3.20. The van der Waals surface area contributed by atoms with Gasteiger partial charge in [0.1, 0.15) is 5.75 Å². The minimum atomic E-state index is -0.990. The molecular weight excluding hydrogens is 244 g/mol. The summed E-state index contributed by atoms with van der Waals surface area (Å²) < 4.78 is 5.02. The van der Waals surface area contributed by atoms with Crippen molar-refractivity contribution >= 4 is 23.4 Å². The maximum Gasteiger partial charge on any atom is 0.303 e. The summed E-state index contributed by atoms with van der Waals surface area (Å²) in [5.74, 6) is -0.719. The number of halogens is 1. The van der Waals surface area contributed by atoms with E-state index in [1.165, 1.54) is 7.11 Å². The largest absolute Gasteiger partial charge is 0.495 e. The van der Waals surface area contributed by atoms with Gasteiger partial charge in [0, 0.05) is 12.0 Å². The Balaban J connectivity index is 2.95. The Morgan fingerprint density at radius 1 is 1.35 bits per heavy atom. The summed E-state index contributed by atoms with van der Waals surface area (Å²) in [6.45, 7) is 1.71. The highest BCUT2D eigenvalue weighted by atomic mass is 35.5. The van der Waals surface area contributed by atoms with Gasteiger partial charge < -0.3 is 9.84 Å². The number of ketones is 1. The van der Waals surface area contributed by atoms with Crippen molar-refractivity contribution in [2.45, 2.75) is 19.8 Å². The molecule has 1 rings (SSSR count). The molecule has 1 aromatic rings. The number of carboxylic acid groups (broad SMARTS) is 1. The fourth-order valence-electron chi connectivity index (χ4n) is 1.48. The van der Waals surface area contributed by atoms with E-state index in [1.807, 2.05) is 0 Å². The van der Waals surface area contributed by atoms with Crippen LogP contribution in [0.5, 0.6) is 5.75 Å². The molecule has 1 N–H and O–H groups in total. The molecule has 0 fully saturated rings. The van der Waals surface area contributed by atoms with E-state index < -0.39 is 5.97 Å². The van der Waals surface area contributed by atoms with E-state index in [0.29, 0.717) is 21.9 Å². The van der Waals surface area contributed by atoms with Gasteiger partial charge in [-0.25, -0.2) is 0 Å². The number of aliphatic carboxylic acids is 1. The molecule has 0 heterocycles. The van der Waals surface area contributed by atoms with Crippen molar-refractivity contribution in [3.8, 4) is 5.75 Å². The quantitative estimate of drug-likeness (QED) is 0.823. The van der Waals surface area contributed by atoms with Crippen LogP contribution in [0.2, 0.25) is 5.02 Å². The van der Waals surface area contributed by atoms with E-state index in [9.17, 15) is 9.59 Å². The van der Waals surface area contributed by atoms with E-state index >= 15 is 0 Å². The van der Waals surface area contributed by atoms with Crippen LogP contribution < -0.4 is 4.74 Å². The lowest BCUT2D eigenvalue weighted by atomic mass is 10.0. The van der Waals surface area contributed by atoms with Crippen LogP contribution >= 0.6 is 11.6 Å². The lowest BCUT2D eigenvalue weighted by Crippen LogP contribution is -2.06. The fourth-order valence-corrected chi connectivity index (χ4v) is 1.72. The molecule has 0 amide bonds. The third-order valence-electron chi connectivity index (χ3n) is 2.44. The number of ether oxygens (including phenoxy) is 1. The van der Waals surface area contributed by atoms with Crippen LogP contribution in [0, 0.1) is 6.92 Å². The highest BCUT2D eigenvalue weighted by Crippen LogP contribution is 2.30. The first kappa shape index (κ1) is 13.5. The van der Waals surface area contributed by atoms with Crippen LogP contribution in [0.1, 0.15) is 28.8 Å². The zero-order valence-corrected chi connectivity index (χ0v) is 10.4. The monoisotopic (exact) mass is 256 g/mol. The standard InChI is InChI=1S/C12H13ClO4/c1-7-8(9(14)4-6-11(15)16)3-5-10(17-2)12(7)13/h3,5H,4,6H2,1-2H3,(H,15,16). The van der Waals surface area contributed by atoms with Crippen molar-refractivity contribution in [2.24, 2.45) is 0 Å². The maximum atomic E-state index is 11.8. The molecule has 0 spiro atoms. The second-order valence-corrected chi connectivity index (χ2v) is 3.95. The zero-order valence-electron chi connectivity index (χ0n) is 9.62. The predicted molar refractivity (Wildman–Crippen MR) is 63.9 cm³/mol. The van der Waals surface area contributed by atoms with Gasteiger partial charge in [0.2, 0.25) is 0 Å². The lowest BCUT2D eigenvalue weighted by Gasteiger charge is -2.09. The molecule has 0 unspecified atom stereocenters. The summed E-state index contributed by atoms with van der Waals surface area (Å²) in [6, 6.07) is 3.20. The fraction of sp³-hybridized carbons (Fsp3) is 0.333. The molecule has 4 nitrogen and oxygen atoms in total. The molecule has 0 aliphatic heterocycles. The van der Waals surface area contributed by atoms with Crippen LogP contribution in [-0.4, -0.2) is 24.0 Å². The molecule has 17 heavy (non-hydrogen) atoms. The Hall–Kier alpha value is -1.55. The highest BCUT2D eigenvalue weighted by molar-refractivity contribution is 6.33. The topological polar surface area (TPSA) is 63.6 Å². The van der Waals surface area contributed by atoms with Crippen molar-refractivity contribution in [3.05, 3.63) is 28.3 Å². The van der Waals surface area contributed by atoms with Gasteiger partial charge in [0.15, 0.2) is 5.78 Å². The molecule has 0 atom stereocenters.